The first-order valence-corrected chi connectivity index (χ1v) is 11.1. The van der Waals surface area contributed by atoms with E-state index in [4.69, 9.17) is 4.74 Å². The van der Waals surface area contributed by atoms with Crippen LogP contribution in [0, 0.1) is 0 Å². The number of Topliss-reactive ketones (excluding diaryl/α,β-unsaturated/α-hetero) is 1. The van der Waals surface area contributed by atoms with Crippen LogP contribution in [0.2, 0.25) is 0 Å². The number of rotatable bonds is 10. The second-order valence-corrected chi connectivity index (χ2v) is 8.30. The zero-order valence-electron chi connectivity index (χ0n) is 19.6. The summed E-state index contributed by atoms with van der Waals surface area (Å²) in [5, 5.41) is 2.75. The highest BCUT2D eigenvalue weighted by atomic mass is 19.4. The Bertz CT molecular complexity index is 1180. The van der Waals surface area contributed by atoms with Gasteiger partial charge in [-0.05, 0) is 56.4 Å². The predicted octanol–water partition coefficient (Wildman–Crippen LogP) is 5.71. The monoisotopic (exact) mass is 484 g/mol. The summed E-state index contributed by atoms with van der Waals surface area (Å²) in [6.45, 7) is 1.28. The van der Waals surface area contributed by atoms with E-state index in [0.29, 0.717) is 17.9 Å². The van der Waals surface area contributed by atoms with Crippen LogP contribution in [0.5, 0.6) is 5.75 Å². The van der Waals surface area contributed by atoms with Crippen LogP contribution in [0.4, 0.5) is 18.9 Å². The second-order valence-electron chi connectivity index (χ2n) is 8.30. The Morgan fingerprint density at radius 3 is 2.31 bits per heavy atom. The fourth-order valence-electron chi connectivity index (χ4n) is 3.51. The van der Waals surface area contributed by atoms with Gasteiger partial charge in [0.15, 0.2) is 5.78 Å². The molecule has 0 aliphatic rings. The number of alkyl halides is 3. The summed E-state index contributed by atoms with van der Waals surface area (Å²) in [5.74, 6) is -0.433. The number of ketones is 1. The van der Waals surface area contributed by atoms with E-state index >= 15 is 0 Å². The molecule has 0 spiro atoms. The summed E-state index contributed by atoms with van der Waals surface area (Å²) >= 11 is 0. The summed E-state index contributed by atoms with van der Waals surface area (Å²) in [5.41, 5.74) is 0.228. The van der Waals surface area contributed by atoms with Gasteiger partial charge in [0, 0.05) is 18.5 Å². The van der Waals surface area contributed by atoms with Gasteiger partial charge in [-0.1, -0.05) is 42.5 Å². The first kappa shape index (κ1) is 26.0. The molecule has 0 saturated heterocycles. The Kier molecular flexibility index (Phi) is 8.65. The number of ether oxygens (including phenoxy) is 1. The largest absolute Gasteiger partial charge is 0.493 e. The van der Waals surface area contributed by atoms with Gasteiger partial charge in [0.2, 0.25) is 0 Å². The minimum Gasteiger partial charge on any atom is -0.493 e. The zero-order chi connectivity index (χ0) is 25.4. The first-order valence-electron chi connectivity index (χ1n) is 11.1. The maximum atomic E-state index is 13.0. The van der Waals surface area contributed by atoms with Crippen molar-refractivity contribution in [2.45, 2.75) is 19.0 Å². The van der Waals surface area contributed by atoms with Crippen LogP contribution in [-0.4, -0.2) is 43.8 Å². The van der Waals surface area contributed by atoms with Gasteiger partial charge < -0.3 is 15.0 Å². The van der Waals surface area contributed by atoms with Gasteiger partial charge in [0.1, 0.15) is 5.75 Å². The van der Waals surface area contributed by atoms with Crippen LogP contribution in [0.3, 0.4) is 0 Å². The molecule has 0 radical (unpaired) electrons. The fraction of sp³-hybridized carbons (Fsp3) is 0.259. The third-order valence-electron chi connectivity index (χ3n) is 5.23. The highest BCUT2D eigenvalue weighted by Crippen LogP contribution is 2.30. The van der Waals surface area contributed by atoms with E-state index in [-0.39, 0.29) is 23.2 Å². The SMILES string of the molecule is CN(C)CCCOc1ccccc1C(=O)Nc1ccccc1C(=O)Cc1cccc(C(F)(F)F)c1. The highest BCUT2D eigenvalue weighted by Gasteiger charge is 2.30. The molecule has 0 unspecified atom stereocenters. The first-order chi connectivity index (χ1) is 16.6. The molecule has 3 aromatic carbocycles. The number of carbonyl (C=O) groups excluding carboxylic acids is 2. The van der Waals surface area contributed by atoms with E-state index in [0.717, 1.165) is 25.1 Å². The van der Waals surface area contributed by atoms with E-state index in [2.05, 4.69) is 5.32 Å². The Balaban J connectivity index is 1.75. The van der Waals surface area contributed by atoms with Crippen LogP contribution in [-0.2, 0) is 12.6 Å². The fourth-order valence-corrected chi connectivity index (χ4v) is 3.51. The number of hydrogen-bond acceptors (Lipinski definition) is 4. The number of carbonyl (C=O) groups is 2. The van der Waals surface area contributed by atoms with Crippen LogP contribution >= 0.6 is 0 Å². The van der Waals surface area contributed by atoms with Gasteiger partial charge in [-0.25, -0.2) is 0 Å². The van der Waals surface area contributed by atoms with Gasteiger partial charge in [0.25, 0.3) is 5.91 Å². The molecule has 0 aliphatic carbocycles. The summed E-state index contributed by atoms with van der Waals surface area (Å²) in [7, 11) is 3.93. The summed E-state index contributed by atoms with van der Waals surface area (Å²) in [6, 6.07) is 17.9. The van der Waals surface area contributed by atoms with Crippen molar-refractivity contribution in [1.82, 2.24) is 4.90 Å². The predicted molar refractivity (Wildman–Crippen MR) is 129 cm³/mol. The number of amides is 1. The zero-order valence-corrected chi connectivity index (χ0v) is 19.6. The van der Waals surface area contributed by atoms with Gasteiger partial charge >= 0.3 is 6.18 Å². The smallest absolute Gasteiger partial charge is 0.416 e. The normalized spacial score (nSPS) is 11.4. The van der Waals surface area contributed by atoms with Gasteiger partial charge in [-0.2, -0.15) is 13.2 Å². The molecule has 0 fully saturated rings. The number of nitrogens with zero attached hydrogens (tertiary/aromatic N) is 1. The summed E-state index contributed by atoms with van der Waals surface area (Å²) in [6.07, 6.45) is -3.94. The Morgan fingerprint density at radius 1 is 0.914 bits per heavy atom. The molecule has 0 aromatic heterocycles. The Hall–Kier alpha value is -3.65. The molecule has 0 bridgehead atoms. The minimum absolute atomic E-state index is 0.211. The number of anilines is 1. The molecule has 1 N–H and O–H groups in total. The second kappa shape index (κ2) is 11.7. The number of halogens is 3. The van der Waals surface area contributed by atoms with Crippen molar-refractivity contribution in [1.29, 1.82) is 0 Å². The van der Waals surface area contributed by atoms with Crippen molar-refractivity contribution < 1.29 is 27.5 Å². The third kappa shape index (κ3) is 7.42. The summed E-state index contributed by atoms with van der Waals surface area (Å²) in [4.78, 5) is 28.0. The van der Waals surface area contributed by atoms with Crippen molar-refractivity contribution in [3.05, 3.63) is 95.1 Å². The molecular weight excluding hydrogens is 457 g/mol. The maximum absolute atomic E-state index is 13.0. The number of hydrogen-bond donors (Lipinski definition) is 1. The highest BCUT2D eigenvalue weighted by molar-refractivity contribution is 6.10. The van der Waals surface area contributed by atoms with Crippen LogP contribution in [0.1, 0.15) is 38.3 Å². The van der Waals surface area contributed by atoms with Crippen molar-refractivity contribution in [2.75, 3.05) is 32.6 Å². The molecule has 0 atom stereocenters. The van der Waals surface area contributed by atoms with Gasteiger partial charge in [-0.3, -0.25) is 9.59 Å². The van der Waals surface area contributed by atoms with Gasteiger partial charge in [-0.15, -0.1) is 0 Å². The van der Waals surface area contributed by atoms with E-state index < -0.39 is 23.4 Å². The van der Waals surface area contributed by atoms with E-state index in [1.54, 1.807) is 42.5 Å². The topological polar surface area (TPSA) is 58.6 Å². The quantitative estimate of drug-likeness (QED) is 0.296. The molecule has 0 aliphatic heterocycles. The van der Waals surface area contributed by atoms with Crippen molar-refractivity contribution >= 4 is 17.4 Å². The van der Waals surface area contributed by atoms with Crippen molar-refractivity contribution in [2.24, 2.45) is 0 Å². The standard InChI is InChI=1S/C27H27F3N2O3/c1-32(2)15-8-16-35-25-14-6-4-12-22(25)26(34)31-23-13-5-3-11-21(23)24(33)18-19-9-7-10-20(17-19)27(28,29)30/h3-7,9-14,17H,8,15-16,18H2,1-2H3,(H,31,34). The molecule has 35 heavy (non-hydrogen) atoms. The molecular formula is C27H27F3N2O3. The average molecular weight is 485 g/mol. The molecule has 0 heterocycles. The van der Waals surface area contributed by atoms with E-state index in [1.807, 2.05) is 19.0 Å². The lowest BCUT2D eigenvalue weighted by atomic mass is 10.00. The number of benzene rings is 3. The number of para-hydroxylation sites is 2. The lowest BCUT2D eigenvalue weighted by molar-refractivity contribution is -0.137. The molecule has 184 valence electrons. The third-order valence-corrected chi connectivity index (χ3v) is 5.23. The van der Waals surface area contributed by atoms with E-state index in [1.165, 1.54) is 18.2 Å². The molecule has 5 nitrogen and oxygen atoms in total. The van der Waals surface area contributed by atoms with Crippen LogP contribution in [0.15, 0.2) is 72.8 Å². The van der Waals surface area contributed by atoms with Crippen LogP contribution in [0.25, 0.3) is 0 Å². The molecule has 3 rings (SSSR count). The summed E-state index contributed by atoms with van der Waals surface area (Å²) < 4.78 is 44.8. The minimum atomic E-state index is -4.49. The van der Waals surface area contributed by atoms with Crippen molar-refractivity contribution in [3.63, 3.8) is 0 Å². The Labute approximate surface area is 202 Å². The van der Waals surface area contributed by atoms with E-state index in [9.17, 15) is 22.8 Å². The lowest BCUT2D eigenvalue weighted by Gasteiger charge is -2.15. The molecule has 0 saturated carbocycles. The molecule has 1 amide bonds. The maximum Gasteiger partial charge on any atom is 0.416 e. The van der Waals surface area contributed by atoms with Crippen molar-refractivity contribution in [3.8, 4) is 5.75 Å². The molecule has 8 heteroatoms. The average Bonchev–Trinajstić information content (AvgIpc) is 2.82. The van der Waals surface area contributed by atoms with Crippen LogP contribution < -0.4 is 10.1 Å². The molecule has 3 aromatic rings. The lowest BCUT2D eigenvalue weighted by Crippen LogP contribution is -2.18. The Morgan fingerprint density at radius 2 is 1.60 bits per heavy atom. The van der Waals surface area contributed by atoms with Gasteiger partial charge in [0.05, 0.1) is 23.4 Å². The number of nitrogens with one attached hydrogen (secondary N) is 1.